The van der Waals surface area contributed by atoms with Crippen LogP contribution >= 0.6 is 0 Å². The number of furan rings is 1. The zero-order valence-electron chi connectivity index (χ0n) is 15.1. The first kappa shape index (κ1) is 17.3. The third-order valence-electron chi connectivity index (χ3n) is 5.51. The molecule has 1 aromatic carbocycles. The van der Waals surface area contributed by atoms with Crippen LogP contribution in [-0.4, -0.2) is 54.0 Å². The third-order valence-corrected chi connectivity index (χ3v) is 5.51. The smallest absolute Gasteiger partial charge is 0.289 e. The lowest BCUT2D eigenvalue weighted by molar-refractivity contribution is 0.0670. The van der Waals surface area contributed by atoms with Gasteiger partial charge >= 0.3 is 0 Å². The summed E-state index contributed by atoms with van der Waals surface area (Å²) in [5, 5.41) is 3.82. The Hall–Kier alpha value is -2.11. The number of hydrogen-bond acceptors (Lipinski definition) is 4. The summed E-state index contributed by atoms with van der Waals surface area (Å²) in [5.41, 5.74) is 1.39. The van der Waals surface area contributed by atoms with Gasteiger partial charge in [0, 0.05) is 44.8 Å². The largest absolute Gasteiger partial charge is 0.459 e. The number of hydrogen-bond donors (Lipinski definition) is 1. The van der Waals surface area contributed by atoms with E-state index >= 15 is 0 Å². The average molecular weight is 353 g/mol. The highest BCUT2D eigenvalue weighted by Gasteiger charge is 2.28. The van der Waals surface area contributed by atoms with E-state index in [2.05, 4.69) is 40.5 Å². The van der Waals surface area contributed by atoms with Crippen molar-refractivity contribution in [3.8, 4) is 0 Å². The zero-order chi connectivity index (χ0) is 17.8. The fourth-order valence-corrected chi connectivity index (χ4v) is 4.09. The number of carbonyl (C=O) groups is 1. The van der Waals surface area contributed by atoms with Crippen LogP contribution in [0.1, 0.15) is 35.4 Å². The second-order valence-electron chi connectivity index (χ2n) is 7.42. The zero-order valence-corrected chi connectivity index (χ0v) is 15.1. The lowest BCUT2D eigenvalue weighted by atomic mass is 10.0. The van der Waals surface area contributed by atoms with Crippen LogP contribution in [0.2, 0.25) is 0 Å². The van der Waals surface area contributed by atoms with Gasteiger partial charge in [-0.1, -0.05) is 30.3 Å². The standard InChI is InChI=1S/C21H27N3O2/c25-21(20-7-4-14-26-20)24-12-9-18(10-13-24)22-19-8-11-23(16-19)15-17-5-2-1-3-6-17/h1-7,14,18-19,22H,8-13,15-16H2. The monoisotopic (exact) mass is 353 g/mol. The molecule has 0 bridgehead atoms. The van der Waals surface area contributed by atoms with E-state index in [-0.39, 0.29) is 5.91 Å². The molecule has 3 heterocycles. The first-order valence-corrected chi connectivity index (χ1v) is 9.63. The highest BCUT2D eigenvalue weighted by atomic mass is 16.3. The molecule has 2 aliphatic heterocycles. The molecule has 1 N–H and O–H groups in total. The summed E-state index contributed by atoms with van der Waals surface area (Å²) in [7, 11) is 0. The fourth-order valence-electron chi connectivity index (χ4n) is 4.09. The van der Waals surface area contributed by atoms with E-state index in [9.17, 15) is 4.79 Å². The van der Waals surface area contributed by atoms with Gasteiger partial charge in [0.05, 0.1) is 6.26 Å². The summed E-state index contributed by atoms with van der Waals surface area (Å²) in [4.78, 5) is 16.8. The lowest BCUT2D eigenvalue weighted by Gasteiger charge is -2.33. The molecule has 2 fully saturated rings. The Morgan fingerprint density at radius 2 is 1.77 bits per heavy atom. The molecule has 1 aromatic heterocycles. The van der Waals surface area contributed by atoms with E-state index in [0.717, 1.165) is 45.6 Å². The number of nitrogens with zero attached hydrogens (tertiary/aromatic N) is 2. The van der Waals surface area contributed by atoms with Crippen molar-refractivity contribution in [2.75, 3.05) is 26.2 Å². The maximum Gasteiger partial charge on any atom is 0.289 e. The number of rotatable bonds is 5. The molecule has 0 saturated carbocycles. The van der Waals surface area contributed by atoms with E-state index in [1.54, 1.807) is 18.4 Å². The van der Waals surface area contributed by atoms with Crippen LogP contribution in [0.4, 0.5) is 0 Å². The highest BCUT2D eigenvalue weighted by Crippen LogP contribution is 2.18. The van der Waals surface area contributed by atoms with Gasteiger partial charge < -0.3 is 14.6 Å². The molecule has 1 amide bonds. The average Bonchev–Trinajstić information content (AvgIpc) is 3.35. The Morgan fingerprint density at radius 3 is 2.50 bits per heavy atom. The molecule has 0 radical (unpaired) electrons. The van der Waals surface area contributed by atoms with Gasteiger partial charge in [0.2, 0.25) is 0 Å². The summed E-state index contributed by atoms with van der Waals surface area (Å²) in [6.07, 6.45) is 4.80. The van der Waals surface area contributed by atoms with Crippen LogP contribution in [0.15, 0.2) is 53.1 Å². The Kier molecular flexibility index (Phi) is 5.37. The normalized spacial score (nSPS) is 22.0. The molecule has 5 nitrogen and oxygen atoms in total. The van der Waals surface area contributed by atoms with Crippen molar-refractivity contribution in [3.05, 3.63) is 60.1 Å². The van der Waals surface area contributed by atoms with Crippen molar-refractivity contribution in [2.45, 2.75) is 37.9 Å². The maximum absolute atomic E-state index is 12.3. The summed E-state index contributed by atoms with van der Waals surface area (Å²) in [5.74, 6) is 0.465. The molecular weight excluding hydrogens is 326 g/mol. The lowest BCUT2D eigenvalue weighted by Crippen LogP contribution is -2.48. The van der Waals surface area contributed by atoms with Gasteiger partial charge in [-0.2, -0.15) is 0 Å². The number of likely N-dealkylation sites (tertiary alicyclic amines) is 2. The summed E-state index contributed by atoms with van der Waals surface area (Å²) in [6.45, 7) is 4.91. The number of benzene rings is 1. The fraction of sp³-hybridized carbons (Fsp3) is 0.476. The molecule has 5 heteroatoms. The van der Waals surface area contributed by atoms with Crippen molar-refractivity contribution in [3.63, 3.8) is 0 Å². The molecule has 2 aromatic rings. The summed E-state index contributed by atoms with van der Waals surface area (Å²) in [6, 6.07) is 15.3. The molecule has 2 saturated heterocycles. The van der Waals surface area contributed by atoms with Crippen molar-refractivity contribution in [1.29, 1.82) is 0 Å². The first-order chi connectivity index (χ1) is 12.8. The van der Waals surface area contributed by atoms with Gasteiger partial charge in [-0.15, -0.1) is 0 Å². The van der Waals surface area contributed by atoms with Crippen LogP contribution in [0.25, 0.3) is 0 Å². The van der Waals surface area contributed by atoms with Crippen LogP contribution in [-0.2, 0) is 6.54 Å². The number of amides is 1. The Morgan fingerprint density at radius 1 is 1.00 bits per heavy atom. The van der Waals surface area contributed by atoms with Crippen molar-refractivity contribution in [2.24, 2.45) is 0 Å². The van der Waals surface area contributed by atoms with Crippen molar-refractivity contribution >= 4 is 5.91 Å². The second-order valence-corrected chi connectivity index (χ2v) is 7.42. The van der Waals surface area contributed by atoms with Gasteiger partial charge in [-0.25, -0.2) is 0 Å². The van der Waals surface area contributed by atoms with E-state index < -0.39 is 0 Å². The molecule has 4 rings (SSSR count). The van der Waals surface area contributed by atoms with Gasteiger partial charge in [-0.3, -0.25) is 9.69 Å². The van der Waals surface area contributed by atoms with Gasteiger partial charge in [0.25, 0.3) is 5.91 Å². The highest BCUT2D eigenvalue weighted by molar-refractivity contribution is 5.91. The summed E-state index contributed by atoms with van der Waals surface area (Å²) < 4.78 is 5.23. The molecule has 1 unspecified atom stereocenters. The molecule has 0 spiro atoms. The second kappa shape index (κ2) is 8.06. The molecule has 1 atom stereocenters. The summed E-state index contributed by atoms with van der Waals surface area (Å²) >= 11 is 0. The van der Waals surface area contributed by atoms with E-state index in [1.807, 2.05) is 4.90 Å². The van der Waals surface area contributed by atoms with Crippen molar-refractivity contribution in [1.82, 2.24) is 15.1 Å². The van der Waals surface area contributed by atoms with Crippen LogP contribution in [0, 0.1) is 0 Å². The Bertz CT molecular complexity index is 693. The van der Waals surface area contributed by atoms with Gasteiger partial charge in [0.15, 0.2) is 5.76 Å². The predicted octanol–water partition coefficient (Wildman–Crippen LogP) is 2.75. The Labute approximate surface area is 155 Å². The number of piperidine rings is 1. The molecule has 2 aliphatic rings. The van der Waals surface area contributed by atoms with Crippen LogP contribution < -0.4 is 5.32 Å². The molecule has 26 heavy (non-hydrogen) atoms. The number of carbonyl (C=O) groups excluding carboxylic acids is 1. The Balaban J connectivity index is 1.21. The van der Waals surface area contributed by atoms with Gasteiger partial charge in [0.1, 0.15) is 0 Å². The maximum atomic E-state index is 12.3. The van der Waals surface area contributed by atoms with Crippen LogP contribution in [0.3, 0.4) is 0 Å². The SMILES string of the molecule is O=C(c1ccco1)N1CCC(NC2CCN(Cc3ccccc3)C2)CC1. The minimum Gasteiger partial charge on any atom is -0.459 e. The molecule has 0 aliphatic carbocycles. The van der Waals surface area contributed by atoms with Gasteiger partial charge in [-0.05, 0) is 37.0 Å². The van der Waals surface area contributed by atoms with E-state index in [0.29, 0.717) is 17.8 Å². The molecule has 138 valence electrons. The minimum atomic E-state index is 0.0170. The van der Waals surface area contributed by atoms with E-state index in [1.165, 1.54) is 12.0 Å². The first-order valence-electron chi connectivity index (χ1n) is 9.63. The quantitative estimate of drug-likeness (QED) is 0.898. The predicted molar refractivity (Wildman–Crippen MR) is 101 cm³/mol. The third kappa shape index (κ3) is 4.17. The van der Waals surface area contributed by atoms with Crippen molar-refractivity contribution < 1.29 is 9.21 Å². The minimum absolute atomic E-state index is 0.0170. The van der Waals surface area contributed by atoms with E-state index in [4.69, 9.17) is 4.42 Å². The molecular formula is C21H27N3O2. The number of nitrogens with one attached hydrogen (secondary N) is 1. The van der Waals surface area contributed by atoms with Crippen LogP contribution in [0.5, 0.6) is 0 Å². The topological polar surface area (TPSA) is 48.7 Å².